The topological polar surface area (TPSA) is 87.5 Å². The van der Waals surface area contributed by atoms with Crippen molar-refractivity contribution in [2.24, 2.45) is 0 Å². The predicted molar refractivity (Wildman–Crippen MR) is 123 cm³/mol. The third kappa shape index (κ3) is 5.53. The fourth-order valence-electron chi connectivity index (χ4n) is 3.06. The number of nitrogens with zero attached hydrogens (tertiary/aromatic N) is 2. The smallest absolute Gasteiger partial charge is 0.264 e. The number of pyridine rings is 2. The molecule has 2 heterocycles. The predicted octanol–water partition coefficient (Wildman–Crippen LogP) is 4.09. The lowest BCUT2D eigenvalue weighted by atomic mass is 10.2. The fraction of sp³-hybridized carbons (Fsp3) is 0.130. The molecule has 4 aromatic rings. The first-order valence-electron chi connectivity index (χ1n) is 9.61. The lowest BCUT2D eigenvalue weighted by molar-refractivity contribution is 0.305. The Bertz CT molecular complexity index is 1430. The van der Waals surface area contributed by atoms with Gasteiger partial charge in [-0.15, -0.1) is 0 Å². The third-order valence-electron chi connectivity index (χ3n) is 4.64. The van der Waals surface area contributed by atoms with Crippen LogP contribution in [0, 0.1) is 0 Å². The molecule has 7 nitrogen and oxygen atoms in total. The Morgan fingerprint density at radius 3 is 2.47 bits per heavy atom. The van der Waals surface area contributed by atoms with Crippen LogP contribution < -0.4 is 10.3 Å². The molecule has 0 saturated heterocycles. The van der Waals surface area contributed by atoms with Crippen molar-refractivity contribution in [3.8, 4) is 11.4 Å². The molecule has 0 saturated carbocycles. The Morgan fingerprint density at radius 1 is 0.969 bits per heavy atom. The second-order valence-electron chi connectivity index (χ2n) is 7.13. The summed E-state index contributed by atoms with van der Waals surface area (Å²) in [6.07, 6.45) is 2.65. The molecule has 0 bridgehead atoms. The Hall–Kier alpha value is -3.20. The highest BCUT2D eigenvalue weighted by atomic mass is 35.5. The molecular weight excluding hydrogens is 452 g/mol. The summed E-state index contributed by atoms with van der Waals surface area (Å²) in [5, 5.41) is 1.46. The normalized spacial score (nSPS) is 11.6. The van der Waals surface area contributed by atoms with Gasteiger partial charge in [-0.25, -0.2) is 0 Å². The van der Waals surface area contributed by atoms with E-state index in [0.717, 1.165) is 17.2 Å². The van der Waals surface area contributed by atoms with Gasteiger partial charge in [-0.2, -0.15) is 8.42 Å². The zero-order valence-electron chi connectivity index (χ0n) is 17.1. The largest absolute Gasteiger partial charge is 0.489 e. The Kier molecular flexibility index (Phi) is 6.27. The number of benzene rings is 2. The van der Waals surface area contributed by atoms with Crippen molar-refractivity contribution in [3.63, 3.8) is 0 Å². The summed E-state index contributed by atoms with van der Waals surface area (Å²) in [6, 6.07) is 19.3. The van der Waals surface area contributed by atoms with Crippen LogP contribution in [0.25, 0.3) is 16.6 Å². The van der Waals surface area contributed by atoms with Gasteiger partial charge < -0.3 is 4.74 Å². The molecule has 0 amide bonds. The van der Waals surface area contributed by atoms with Gasteiger partial charge in [0.2, 0.25) is 0 Å². The van der Waals surface area contributed by atoms with Crippen molar-refractivity contribution in [3.05, 3.63) is 99.6 Å². The Balaban J connectivity index is 1.51. The monoisotopic (exact) mass is 470 g/mol. The first-order chi connectivity index (χ1) is 15.3. The highest BCUT2D eigenvalue weighted by Gasteiger charge is 2.07. The van der Waals surface area contributed by atoms with Crippen molar-refractivity contribution in [2.75, 3.05) is 6.26 Å². The van der Waals surface area contributed by atoms with Gasteiger partial charge in [0, 0.05) is 28.4 Å². The molecular formula is C23H19ClN2O5S. The molecule has 0 N–H and O–H groups in total. The van der Waals surface area contributed by atoms with Gasteiger partial charge in [0.15, 0.2) is 0 Å². The number of rotatable bonds is 7. The average molecular weight is 471 g/mol. The maximum Gasteiger partial charge on any atom is 0.264 e. The van der Waals surface area contributed by atoms with E-state index in [9.17, 15) is 13.2 Å². The number of fused-ring (bicyclic) bond motifs is 1. The van der Waals surface area contributed by atoms with Crippen LogP contribution in [0.2, 0.25) is 5.02 Å². The highest BCUT2D eigenvalue weighted by Crippen LogP contribution is 2.19. The van der Waals surface area contributed by atoms with Crippen molar-refractivity contribution in [1.82, 2.24) is 9.55 Å². The van der Waals surface area contributed by atoms with Crippen LogP contribution in [0.15, 0.2) is 77.7 Å². The quantitative estimate of drug-likeness (QED) is 0.378. The van der Waals surface area contributed by atoms with E-state index in [1.165, 1.54) is 10.6 Å². The lowest BCUT2D eigenvalue weighted by Crippen LogP contribution is -2.16. The maximum atomic E-state index is 12.6. The number of aromatic nitrogens is 2. The van der Waals surface area contributed by atoms with Crippen molar-refractivity contribution < 1.29 is 17.3 Å². The van der Waals surface area contributed by atoms with E-state index in [4.69, 9.17) is 20.5 Å². The van der Waals surface area contributed by atoms with Crippen LogP contribution in [0.4, 0.5) is 0 Å². The summed E-state index contributed by atoms with van der Waals surface area (Å²) in [5.74, 6) is 0.471. The van der Waals surface area contributed by atoms with E-state index in [1.54, 1.807) is 48.7 Å². The second-order valence-corrected chi connectivity index (χ2v) is 9.21. The van der Waals surface area contributed by atoms with Crippen LogP contribution in [0.1, 0.15) is 11.3 Å². The second kappa shape index (κ2) is 9.12. The van der Waals surface area contributed by atoms with Crippen molar-refractivity contribution >= 4 is 32.6 Å². The van der Waals surface area contributed by atoms with Crippen LogP contribution in [0.5, 0.6) is 5.75 Å². The molecule has 9 heteroatoms. The molecule has 0 radical (unpaired) electrons. The van der Waals surface area contributed by atoms with E-state index in [-0.39, 0.29) is 12.2 Å². The van der Waals surface area contributed by atoms with Gasteiger partial charge in [0.1, 0.15) is 19.0 Å². The molecule has 0 aliphatic rings. The maximum absolute atomic E-state index is 12.6. The van der Waals surface area contributed by atoms with Gasteiger partial charge in [-0.1, -0.05) is 29.8 Å². The van der Waals surface area contributed by atoms with Gasteiger partial charge in [0.25, 0.3) is 15.7 Å². The molecule has 4 rings (SSSR count). The number of ether oxygens (including phenoxy) is 1. The Morgan fingerprint density at radius 2 is 1.75 bits per heavy atom. The van der Waals surface area contributed by atoms with E-state index < -0.39 is 10.1 Å². The van der Waals surface area contributed by atoms with Gasteiger partial charge in [-0.3, -0.25) is 18.5 Å². The lowest BCUT2D eigenvalue weighted by Gasteiger charge is -2.10. The minimum atomic E-state index is -3.54. The minimum absolute atomic E-state index is 0.131. The molecule has 2 aromatic carbocycles. The van der Waals surface area contributed by atoms with E-state index in [2.05, 4.69) is 4.98 Å². The van der Waals surface area contributed by atoms with Crippen LogP contribution in [0.3, 0.4) is 0 Å². The first kappa shape index (κ1) is 22.0. The summed E-state index contributed by atoms with van der Waals surface area (Å²) in [6.45, 7) is 0.196. The minimum Gasteiger partial charge on any atom is -0.489 e. The van der Waals surface area contributed by atoms with Gasteiger partial charge in [0.05, 0.1) is 17.5 Å². The molecule has 0 spiro atoms. The molecule has 0 fully saturated rings. The standard InChI is InChI=1S/C23H19ClN2O5S/c1-32(28,29)31-15-19-7-4-17-12-20(8-9-22(17)25-19)26-11-10-21(13-23(26)27)30-14-16-2-5-18(24)6-3-16/h2-13H,14-15H2,1H3. The zero-order chi connectivity index (χ0) is 22.7. The zero-order valence-corrected chi connectivity index (χ0v) is 18.6. The summed E-state index contributed by atoms with van der Waals surface area (Å²) < 4.78 is 34.3. The van der Waals surface area contributed by atoms with Crippen molar-refractivity contribution in [1.29, 1.82) is 0 Å². The van der Waals surface area contributed by atoms with Crippen LogP contribution in [-0.4, -0.2) is 24.2 Å². The average Bonchev–Trinajstić information content (AvgIpc) is 2.76. The summed E-state index contributed by atoms with van der Waals surface area (Å²) in [4.78, 5) is 17.0. The van der Waals surface area contributed by atoms with Gasteiger partial charge in [-0.05, 0) is 48.0 Å². The summed E-state index contributed by atoms with van der Waals surface area (Å²) in [7, 11) is -3.54. The SMILES string of the molecule is CS(=O)(=O)OCc1ccc2cc(-n3ccc(OCc4ccc(Cl)cc4)cc3=O)ccc2n1. The Labute approximate surface area is 189 Å². The molecule has 0 atom stereocenters. The number of halogens is 1. The van der Waals surface area contributed by atoms with Crippen LogP contribution >= 0.6 is 11.6 Å². The van der Waals surface area contributed by atoms with Gasteiger partial charge >= 0.3 is 0 Å². The van der Waals surface area contributed by atoms with E-state index in [1.807, 2.05) is 18.2 Å². The fourth-order valence-corrected chi connectivity index (χ4v) is 3.52. The molecule has 2 aromatic heterocycles. The summed E-state index contributed by atoms with van der Waals surface area (Å²) in [5.41, 5.74) is 2.55. The molecule has 0 aliphatic heterocycles. The first-order valence-corrected chi connectivity index (χ1v) is 11.8. The molecule has 164 valence electrons. The highest BCUT2D eigenvalue weighted by molar-refractivity contribution is 7.85. The van der Waals surface area contributed by atoms with Crippen LogP contribution in [-0.2, 0) is 27.5 Å². The number of hydrogen-bond donors (Lipinski definition) is 0. The third-order valence-corrected chi connectivity index (χ3v) is 5.44. The van der Waals surface area contributed by atoms with E-state index >= 15 is 0 Å². The summed E-state index contributed by atoms with van der Waals surface area (Å²) >= 11 is 5.88. The van der Waals surface area contributed by atoms with Crippen molar-refractivity contribution in [2.45, 2.75) is 13.2 Å². The molecule has 0 aliphatic carbocycles. The number of hydrogen-bond acceptors (Lipinski definition) is 6. The molecule has 0 unspecified atom stereocenters. The molecule has 32 heavy (non-hydrogen) atoms. The van der Waals surface area contributed by atoms with E-state index in [0.29, 0.717) is 34.3 Å².